The first kappa shape index (κ1) is 9.90. The van der Waals surface area contributed by atoms with Gasteiger partial charge in [-0.25, -0.2) is 0 Å². The third-order valence-electron chi connectivity index (χ3n) is 2.49. The third-order valence-corrected chi connectivity index (χ3v) is 2.49. The van der Waals surface area contributed by atoms with Gasteiger partial charge in [0, 0.05) is 23.5 Å². The van der Waals surface area contributed by atoms with Crippen molar-refractivity contribution in [2.24, 2.45) is 0 Å². The largest absolute Gasteiger partial charge is 0.501 e. The zero-order valence-corrected chi connectivity index (χ0v) is 8.69. The SMILES string of the molecule is Cc1cnccc1C(=O)C1=COCCC1. The van der Waals surface area contributed by atoms with Crippen LogP contribution in [0.3, 0.4) is 0 Å². The summed E-state index contributed by atoms with van der Waals surface area (Å²) >= 11 is 0. The van der Waals surface area contributed by atoms with Crippen LogP contribution in [0.5, 0.6) is 0 Å². The highest BCUT2D eigenvalue weighted by molar-refractivity contribution is 6.09. The molecule has 3 heteroatoms. The first-order valence-electron chi connectivity index (χ1n) is 5.05. The standard InChI is InChI=1S/C12H13NO2/c1-9-7-13-5-4-11(9)12(14)10-3-2-6-15-8-10/h4-5,7-8H,2-3,6H2,1H3. The lowest BCUT2D eigenvalue weighted by Crippen LogP contribution is -2.10. The molecule has 1 aromatic heterocycles. The molecule has 2 rings (SSSR count). The number of aryl methyl sites for hydroxylation is 1. The summed E-state index contributed by atoms with van der Waals surface area (Å²) in [6.07, 6.45) is 6.66. The first-order valence-corrected chi connectivity index (χ1v) is 5.05. The lowest BCUT2D eigenvalue weighted by atomic mass is 9.98. The van der Waals surface area contributed by atoms with Gasteiger partial charge in [-0.3, -0.25) is 9.78 Å². The summed E-state index contributed by atoms with van der Waals surface area (Å²) < 4.78 is 5.17. The van der Waals surface area contributed by atoms with E-state index in [1.54, 1.807) is 24.7 Å². The summed E-state index contributed by atoms with van der Waals surface area (Å²) in [5.74, 6) is 0.0644. The van der Waals surface area contributed by atoms with E-state index in [2.05, 4.69) is 4.98 Å². The molecule has 2 heterocycles. The molecule has 0 aliphatic carbocycles. The van der Waals surface area contributed by atoms with Crippen molar-refractivity contribution in [1.82, 2.24) is 4.98 Å². The average molecular weight is 203 g/mol. The topological polar surface area (TPSA) is 39.2 Å². The van der Waals surface area contributed by atoms with Crippen LogP contribution in [0.1, 0.15) is 28.8 Å². The zero-order valence-electron chi connectivity index (χ0n) is 8.69. The van der Waals surface area contributed by atoms with Gasteiger partial charge in [-0.2, -0.15) is 0 Å². The molecule has 0 unspecified atom stereocenters. The van der Waals surface area contributed by atoms with Gasteiger partial charge in [0.05, 0.1) is 12.9 Å². The second kappa shape index (κ2) is 4.26. The van der Waals surface area contributed by atoms with E-state index in [9.17, 15) is 4.79 Å². The molecular weight excluding hydrogens is 190 g/mol. The summed E-state index contributed by atoms with van der Waals surface area (Å²) in [6.45, 7) is 2.61. The Kier molecular flexibility index (Phi) is 2.81. The Morgan fingerprint density at radius 3 is 3.07 bits per heavy atom. The number of ether oxygens (including phenoxy) is 1. The lowest BCUT2D eigenvalue weighted by molar-refractivity contribution is 0.101. The molecule has 0 aromatic carbocycles. The van der Waals surface area contributed by atoms with Crippen molar-refractivity contribution in [3.63, 3.8) is 0 Å². The van der Waals surface area contributed by atoms with Crippen molar-refractivity contribution in [3.05, 3.63) is 41.4 Å². The fourth-order valence-corrected chi connectivity index (χ4v) is 1.63. The van der Waals surface area contributed by atoms with Gasteiger partial charge in [-0.15, -0.1) is 0 Å². The number of aromatic nitrogens is 1. The second-order valence-corrected chi connectivity index (χ2v) is 3.64. The molecule has 0 amide bonds. The van der Waals surface area contributed by atoms with E-state index < -0.39 is 0 Å². The molecule has 0 fully saturated rings. The Hall–Kier alpha value is -1.64. The number of ketones is 1. The molecule has 1 aliphatic rings. The van der Waals surface area contributed by atoms with Crippen LogP contribution in [-0.4, -0.2) is 17.4 Å². The molecule has 1 aromatic rings. The highest BCUT2D eigenvalue weighted by atomic mass is 16.5. The average Bonchev–Trinajstić information content (AvgIpc) is 2.30. The minimum absolute atomic E-state index is 0.0644. The monoisotopic (exact) mass is 203 g/mol. The second-order valence-electron chi connectivity index (χ2n) is 3.64. The van der Waals surface area contributed by atoms with Crippen LogP contribution in [0.25, 0.3) is 0 Å². The van der Waals surface area contributed by atoms with Crippen LogP contribution in [0.15, 0.2) is 30.3 Å². The summed E-state index contributed by atoms with van der Waals surface area (Å²) in [4.78, 5) is 16.0. The van der Waals surface area contributed by atoms with E-state index in [1.165, 1.54) is 0 Å². The Bertz CT molecular complexity index is 410. The zero-order chi connectivity index (χ0) is 10.7. The maximum atomic E-state index is 12.0. The minimum Gasteiger partial charge on any atom is -0.501 e. The van der Waals surface area contributed by atoms with Gasteiger partial charge in [0.2, 0.25) is 0 Å². The maximum Gasteiger partial charge on any atom is 0.192 e. The van der Waals surface area contributed by atoms with Crippen molar-refractivity contribution < 1.29 is 9.53 Å². The van der Waals surface area contributed by atoms with Crippen molar-refractivity contribution in [3.8, 4) is 0 Å². The molecule has 0 radical (unpaired) electrons. The fourth-order valence-electron chi connectivity index (χ4n) is 1.63. The van der Waals surface area contributed by atoms with E-state index in [4.69, 9.17) is 4.74 Å². The molecule has 78 valence electrons. The fraction of sp³-hybridized carbons (Fsp3) is 0.333. The van der Waals surface area contributed by atoms with Gasteiger partial charge in [0.15, 0.2) is 5.78 Å². The van der Waals surface area contributed by atoms with E-state index in [1.807, 2.05) is 6.92 Å². The Morgan fingerprint density at radius 1 is 1.53 bits per heavy atom. The predicted octanol–water partition coefficient (Wildman–Crippen LogP) is 2.27. The van der Waals surface area contributed by atoms with Crippen molar-refractivity contribution in [2.75, 3.05) is 6.61 Å². The highest BCUT2D eigenvalue weighted by Gasteiger charge is 2.16. The Balaban J connectivity index is 2.28. The summed E-state index contributed by atoms with van der Waals surface area (Å²) in [6, 6.07) is 1.76. The Morgan fingerprint density at radius 2 is 2.40 bits per heavy atom. The van der Waals surface area contributed by atoms with E-state index >= 15 is 0 Å². The number of hydrogen-bond acceptors (Lipinski definition) is 3. The number of nitrogens with zero attached hydrogens (tertiary/aromatic N) is 1. The van der Waals surface area contributed by atoms with Gasteiger partial charge in [-0.1, -0.05) is 0 Å². The van der Waals surface area contributed by atoms with Gasteiger partial charge in [0.1, 0.15) is 0 Å². The maximum absolute atomic E-state index is 12.0. The van der Waals surface area contributed by atoms with E-state index in [0.29, 0.717) is 6.61 Å². The van der Waals surface area contributed by atoms with Gasteiger partial charge < -0.3 is 4.74 Å². The van der Waals surface area contributed by atoms with Crippen LogP contribution in [0, 0.1) is 6.92 Å². The van der Waals surface area contributed by atoms with Gasteiger partial charge in [-0.05, 0) is 31.4 Å². The molecule has 15 heavy (non-hydrogen) atoms. The highest BCUT2D eigenvalue weighted by Crippen LogP contribution is 2.18. The molecule has 0 bridgehead atoms. The Labute approximate surface area is 88.8 Å². The summed E-state index contributed by atoms with van der Waals surface area (Å²) in [5, 5.41) is 0. The van der Waals surface area contributed by atoms with Crippen molar-refractivity contribution in [1.29, 1.82) is 0 Å². The number of rotatable bonds is 2. The molecule has 0 atom stereocenters. The van der Waals surface area contributed by atoms with Gasteiger partial charge in [0.25, 0.3) is 0 Å². The number of carbonyl (C=O) groups is 1. The molecular formula is C12H13NO2. The molecule has 3 nitrogen and oxygen atoms in total. The van der Waals surface area contributed by atoms with E-state index in [-0.39, 0.29) is 5.78 Å². The van der Waals surface area contributed by atoms with Crippen LogP contribution in [-0.2, 0) is 4.74 Å². The smallest absolute Gasteiger partial charge is 0.192 e. The number of hydrogen-bond donors (Lipinski definition) is 0. The number of pyridine rings is 1. The molecule has 0 saturated carbocycles. The predicted molar refractivity (Wildman–Crippen MR) is 56.6 cm³/mol. The van der Waals surface area contributed by atoms with Gasteiger partial charge >= 0.3 is 0 Å². The number of carbonyl (C=O) groups excluding carboxylic acids is 1. The first-order chi connectivity index (χ1) is 7.29. The van der Waals surface area contributed by atoms with Crippen LogP contribution >= 0.6 is 0 Å². The number of Topliss-reactive ketones (excluding diaryl/α,β-unsaturated/α-hetero) is 1. The minimum atomic E-state index is 0.0644. The molecule has 0 N–H and O–H groups in total. The molecule has 0 saturated heterocycles. The summed E-state index contributed by atoms with van der Waals surface area (Å²) in [7, 11) is 0. The summed E-state index contributed by atoms with van der Waals surface area (Å²) in [5.41, 5.74) is 2.39. The van der Waals surface area contributed by atoms with Crippen molar-refractivity contribution >= 4 is 5.78 Å². The van der Waals surface area contributed by atoms with Crippen molar-refractivity contribution in [2.45, 2.75) is 19.8 Å². The van der Waals surface area contributed by atoms with E-state index in [0.717, 1.165) is 29.5 Å². The van der Waals surface area contributed by atoms with Crippen LogP contribution in [0.4, 0.5) is 0 Å². The lowest BCUT2D eigenvalue weighted by Gasteiger charge is -2.13. The third kappa shape index (κ3) is 2.06. The quantitative estimate of drug-likeness (QED) is 0.692. The molecule has 0 spiro atoms. The number of allylic oxidation sites excluding steroid dienone is 1. The normalized spacial score (nSPS) is 15.4. The van der Waals surface area contributed by atoms with Crippen LogP contribution < -0.4 is 0 Å². The van der Waals surface area contributed by atoms with Crippen LogP contribution in [0.2, 0.25) is 0 Å². The molecule has 1 aliphatic heterocycles.